The zero-order valence-electron chi connectivity index (χ0n) is 23.7. The Bertz CT molecular complexity index is 1090. The number of ether oxygens (including phenoxy) is 2. The molecule has 0 fully saturated rings. The van der Waals surface area contributed by atoms with Crippen LogP contribution in [0.1, 0.15) is 107 Å². The minimum Gasteiger partial charge on any atom is -0.465 e. The largest absolute Gasteiger partial charge is 0.465 e. The van der Waals surface area contributed by atoms with Crippen molar-refractivity contribution in [3.63, 3.8) is 0 Å². The molecular weight excluding hydrogens is 484 g/mol. The van der Waals surface area contributed by atoms with Gasteiger partial charge < -0.3 is 20.1 Å². The third-order valence-corrected chi connectivity index (χ3v) is 6.10. The zero-order chi connectivity index (χ0) is 28.7. The summed E-state index contributed by atoms with van der Waals surface area (Å²) >= 11 is 0. The lowest BCUT2D eigenvalue weighted by molar-refractivity contribution is 0.0496. The lowest BCUT2D eigenvalue weighted by Gasteiger charge is -2.21. The molecule has 2 aromatic rings. The van der Waals surface area contributed by atoms with Gasteiger partial charge in [0.2, 0.25) is 0 Å². The highest BCUT2D eigenvalue weighted by molar-refractivity contribution is 5.99. The van der Waals surface area contributed by atoms with Crippen molar-refractivity contribution in [2.75, 3.05) is 27.3 Å². The Morgan fingerprint density at radius 1 is 0.684 bits per heavy atom. The Hall–Kier alpha value is -3.68. The zero-order valence-corrected chi connectivity index (χ0v) is 23.7. The van der Waals surface area contributed by atoms with E-state index in [0.717, 1.165) is 11.1 Å². The van der Waals surface area contributed by atoms with E-state index in [2.05, 4.69) is 10.6 Å². The predicted octanol–water partition coefficient (Wildman–Crippen LogP) is 4.79. The van der Waals surface area contributed by atoms with Crippen LogP contribution < -0.4 is 10.6 Å². The summed E-state index contributed by atoms with van der Waals surface area (Å²) in [6.45, 7) is 12.6. The molecule has 2 amide bonds. The summed E-state index contributed by atoms with van der Waals surface area (Å²) in [7, 11) is 2.85. The molecule has 0 spiro atoms. The second kappa shape index (κ2) is 12.7. The van der Waals surface area contributed by atoms with Gasteiger partial charge in [-0.25, -0.2) is 9.59 Å². The number of hydrogen-bond acceptors (Lipinski definition) is 6. The van der Waals surface area contributed by atoms with E-state index in [1.54, 1.807) is 31.3 Å². The van der Waals surface area contributed by atoms with Crippen molar-refractivity contribution in [3.05, 3.63) is 69.8 Å². The Morgan fingerprint density at radius 2 is 1.16 bits per heavy atom. The van der Waals surface area contributed by atoms with Crippen LogP contribution in [0, 0.1) is 0 Å². The average molecular weight is 525 g/mol. The number of benzene rings is 2. The van der Waals surface area contributed by atoms with Crippen LogP contribution in [0.3, 0.4) is 0 Å². The van der Waals surface area contributed by atoms with Gasteiger partial charge in [-0.3, -0.25) is 9.59 Å². The normalized spacial score (nSPS) is 11.5. The monoisotopic (exact) mass is 524 g/mol. The van der Waals surface area contributed by atoms with Gasteiger partial charge in [0, 0.05) is 24.7 Å². The summed E-state index contributed by atoms with van der Waals surface area (Å²) in [4.78, 5) is 49.7. The van der Waals surface area contributed by atoms with Crippen LogP contribution in [0.25, 0.3) is 0 Å². The number of unbranched alkanes of at least 4 members (excludes halogenated alkanes) is 1. The van der Waals surface area contributed by atoms with Crippen LogP contribution in [-0.2, 0) is 20.3 Å². The molecule has 0 heterocycles. The molecule has 206 valence electrons. The van der Waals surface area contributed by atoms with E-state index in [1.165, 1.54) is 19.2 Å². The summed E-state index contributed by atoms with van der Waals surface area (Å²) in [5, 5.41) is 5.44. The van der Waals surface area contributed by atoms with Gasteiger partial charge in [0.1, 0.15) is 0 Å². The maximum Gasteiger partial charge on any atom is 0.338 e. The van der Waals surface area contributed by atoms with Crippen LogP contribution in [-0.4, -0.2) is 51.1 Å². The number of amides is 2. The molecule has 0 aliphatic rings. The van der Waals surface area contributed by atoms with E-state index < -0.39 is 11.9 Å². The van der Waals surface area contributed by atoms with Crippen LogP contribution in [0.15, 0.2) is 36.4 Å². The molecule has 38 heavy (non-hydrogen) atoms. The van der Waals surface area contributed by atoms with Gasteiger partial charge in [-0.1, -0.05) is 41.5 Å². The Labute approximate surface area is 225 Å². The summed E-state index contributed by atoms with van der Waals surface area (Å²) in [6, 6.07) is 10.1. The quantitative estimate of drug-likeness (QED) is 0.360. The van der Waals surface area contributed by atoms with Crippen molar-refractivity contribution in [2.45, 2.75) is 65.2 Å². The summed E-state index contributed by atoms with van der Waals surface area (Å²) in [5.41, 5.74) is 2.65. The van der Waals surface area contributed by atoms with Gasteiger partial charge in [0.25, 0.3) is 11.8 Å². The summed E-state index contributed by atoms with van der Waals surface area (Å²) in [6.07, 6.45) is 1.14. The molecular formula is C30H40N2O6. The highest BCUT2D eigenvalue weighted by Gasteiger charge is 2.21. The minimum absolute atomic E-state index is 0.176. The maximum atomic E-state index is 12.8. The van der Waals surface area contributed by atoms with E-state index in [-0.39, 0.29) is 29.3 Å². The first-order valence-electron chi connectivity index (χ1n) is 12.7. The van der Waals surface area contributed by atoms with Gasteiger partial charge in [-0.05, 0) is 71.2 Å². The molecule has 0 aliphatic carbocycles. The van der Waals surface area contributed by atoms with Crippen molar-refractivity contribution in [2.24, 2.45) is 0 Å². The first-order valence-corrected chi connectivity index (χ1v) is 12.7. The van der Waals surface area contributed by atoms with Crippen molar-refractivity contribution in [1.29, 1.82) is 0 Å². The van der Waals surface area contributed by atoms with E-state index in [1.807, 2.05) is 41.5 Å². The number of esters is 2. The predicted molar refractivity (Wildman–Crippen MR) is 147 cm³/mol. The maximum absolute atomic E-state index is 12.8. The molecule has 2 rings (SSSR count). The number of nitrogens with one attached hydrogen (secondary N) is 2. The molecule has 2 aromatic carbocycles. The number of carbonyl (C=O) groups is 4. The molecule has 0 aliphatic heterocycles. The number of methoxy groups -OCH3 is 1. The fraction of sp³-hybridized carbons (Fsp3) is 0.467. The van der Waals surface area contributed by atoms with E-state index in [4.69, 9.17) is 9.47 Å². The highest BCUT2D eigenvalue weighted by atomic mass is 16.5. The fourth-order valence-electron chi connectivity index (χ4n) is 3.66. The summed E-state index contributed by atoms with van der Waals surface area (Å²) in [5.74, 6) is -1.56. The average Bonchev–Trinajstić information content (AvgIpc) is 2.87. The second-order valence-corrected chi connectivity index (χ2v) is 11.3. The number of rotatable bonds is 9. The SMILES string of the molecule is CNC(=O)c1cc(C(=O)OCCCCNC(=O)c2cc(C(=O)OC)cc(C(C)(C)C)c2)cc(C(C)(C)C)c1. The third-order valence-electron chi connectivity index (χ3n) is 6.10. The number of carbonyl (C=O) groups excluding carboxylic acids is 4. The van der Waals surface area contributed by atoms with E-state index >= 15 is 0 Å². The van der Waals surface area contributed by atoms with Crippen LogP contribution >= 0.6 is 0 Å². The molecule has 0 unspecified atom stereocenters. The fourth-order valence-corrected chi connectivity index (χ4v) is 3.66. The van der Waals surface area contributed by atoms with E-state index in [9.17, 15) is 19.2 Å². The molecule has 8 nitrogen and oxygen atoms in total. The van der Waals surface area contributed by atoms with Crippen molar-refractivity contribution in [1.82, 2.24) is 10.6 Å². The van der Waals surface area contributed by atoms with Gasteiger partial charge in [0.05, 0.1) is 24.8 Å². The standard InChI is InChI=1S/C30H40N2O6/c1-29(2,3)23-15-19(25(33)31-7)13-22(18-23)28(36)38-12-10-9-11-32-26(34)20-14-21(27(35)37-8)17-24(16-20)30(4,5)6/h13-18H,9-12H2,1-8H3,(H,31,33)(H,32,34). The van der Waals surface area contributed by atoms with Crippen LogP contribution in [0.2, 0.25) is 0 Å². The topological polar surface area (TPSA) is 111 Å². The molecule has 0 atom stereocenters. The second-order valence-electron chi connectivity index (χ2n) is 11.3. The molecule has 0 bridgehead atoms. The molecule has 0 radical (unpaired) electrons. The molecule has 0 aromatic heterocycles. The third kappa shape index (κ3) is 8.43. The van der Waals surface area contributed by atoms with Crippen molar-refractivity contribution < 1.29 is 28.7 Å². The van der Waals surface area contributed by atoms with Gasteiger partial charge in [-0.15, -0.1) is 0 Å². The minimum atomic E-state index is -0.500. The van der Waals surface area contributed by atoms with Gasteiger partial charge in [-0.2, -0.15) is 0 Å². The van der Waals surface area contributed by atoms with Gasteiger partial charge in [0.15, 0.2) is 0 Å². The first kappa shape index (κ1) is 30.5. The lowest BCUT2D eigenvalue weighted by Crippen LogP contribution is -2.26. The smallest absolute Gasteiger partial charge is 0.338 e. The Morgan fingerprint density at radius 3 is 1.63 bits per heavy atom. The van der Waals surface area contributed by atoms with E-state index in [0.29, 0.717) is 41.6 Å². The van der Waals surface area contributed by atoms with Crippen LogP contribution in [0.4, 0.5) is 0 Å². The van der Waals surface area contributed by atoms with Crippen molar-refractivity contribution in [3.8, 4) is 0 Å². The Kier molecular flexibility index (Phi) is 10.2. The molecule has 8 heteroatoms. The first-order chi connectivity index (χ1) is 17.7. The van der Waals surface area contributed by atoms with Crippen LogP contribution in [0.5, 0.6) is 0 Å². The highest BCUT2D eigenvalue weighted by Crippen LogP contribution is 2.26. The number of hydrogen-bond donors (Lipinski definition) is 2. The van der Waals surface area contributed by atoms with Crippen molar-refractivity contribution >= 4 is 23.8 Å². The molecule has 0 saturated heterocycles. The Balaban J connectivity index is 1.95. The molecule has 2 N–H and O–H groups in total. The van der Waals surface area contributed by atoms with Gasteiger partial charge >= 0.3 is 11.9 Å². The summed E-state index contributed by atoms with van der Waals surface area (Å²) < 4.78 is 10.3. The lowest BCUT2D eigenvalue weighted by atomic mass is 9.85. The molecule has 0 saturated carbocycles.